The Balaban J connectivity index is 1.87. The molecule has 1 aliphatic rings. The SMILES string of the molecule is CNCC1CCCN(C(=O)c2c(C)nn(-c3ccc(F)cc3)c2C)C1. The lowest BCUT2D eigenvalue weighted by Crippen LogP contribution is -2.42. The van der Waals surface area contributed by atoms with Gasteiger partial charge < -0.3 is 10.2 Å². The quantitative estimate of drug-likeness (QED) is 0.928. The van der Waals surface area contributed by atoms with Gasteiger partial charge in [-0.05, 0) is 70.5 Å². The predicted octanol–water partition coefficient (Wildman–Crippen LogP) is 2.70. The number of aromatic nitrogens is 2. The van der Waals surface area contributed by atoms with Crippen molar-refractivity contribution in [1.29, 1.82) is 0 Å². The average Bonchev–Trinajstić information content (AvgIpc) is 2.90. The minimum Gasteiger partial charge on any atom is -0.338 e. The zero-order chi connectivity index (χ0) is 18.0. The molecular formula is C19H25FN4O. The summed E-state index contributed by atoms with van der Waals surface area (Å²) in [6.07, 6.45) is 2.18. The smallest absolute Gasteiger partial charge is 0.257 e. The second kappa shape index (κ2) is 7.35. The normalized spacial score (nSPS) is 17.8. The van der Waals surface area contributed by atoms with E-state index in [-0.39, 0.29) is 11.7 Å². The molecule has 0 spiro atoms. The molecule has 1 atom stereocenters. The second-order valence-corrected chi connectivity index (χ2v) is 6.75. The molecule has 0 radical (unpaired) electrons. The summed E-state index contributed by atoms with van der Waals surface area (Å²) in [7, 11) is 1.95. The van der Waals surface area contributed by atoms with Gasteiger partial charge in [0.15, 0.2) is 0 Å². The highest BCUT2D eigenvalue weighted by Gasteiger charge is 2.28. The number of hydrogen-bond acceptors (Lipinski definition) is 3. The zero-order valence-electron chi connectivity index (χ0n) is 15.1. The maximum atomic E-state index is 13.2. The number of carbonyl (C=O) groups is 1. The van der Waals surface area contributed by atoms with Gasteiger partial charge in [-0.15, -0.1) is 0 Å². The van der Waals surface area contributed by atoms with Crippen LogP contribution in [-0.4, -0.2) is 47.3 Å². The zero-order valence-corrected chi connectivity index (χ0v) is 15.1. The first kappa shape index (κ1) is 17.6. The molecular weight excluding hydrogens is 319 g/mol. The highest BCUT2D eigenvalue weighted by molar-refractivity contribution is 5.96. The van der Waals surface area contributed by atoms with E-state index in [0.29, 0.717) is 17.2 Å². The Bertz CT molecular complexity index is 752. The molecule has 0 saturated carbocycles. The summed E-state index contributed by atoms with van der Waals surface area (Å²) < 4.78 is 14.9. The van der Waals surface area contributed by atoms with Crippen LogP contribution in [0.25, 0.3) is 5.69 Å². The molecule has 3 rings (SSSR count). The summed E-state index contributed by atoms with van der Waals surface area (Å²) in [5.74, 6) is 0.255. The highest BCUT2D eigenvalue weighted by Crippen LogP contribution is 2.23. The number of carbonyl (C=O) groups excluding carboxylic acids is 1. The van der Waals surface area contributed by atoms with E-state index in [4.69, 9.17) is 0 Å². The molecule has 25 heavy (non-hydrogen) atoms. The van der Waals surface area contributed by atoms with Crippen molar-refractivity contribution < 1.29 is 9.18 Å². The fraction of sp³-hybridized carbons (Fsp3) is 0.474. The van der Waals surface area contributed by atoms with Crippen molar-refractivity contribution in [3.05, 3.63) is 47.0 Å². The van der Waals surface area contributed by atoms with Crippen LogP contribution < -0.4 is 5.32 Å². The van der Waals surface area contributed by atoms with Crippen LogP contribution in [0.15, 0.2) is 24.3 Å². The van der Waals surface area contributed by atoms with E-state index in [1.165, 1.54) is 12.1 Å². The molecule has 6 heteroatoms. The monoisotopic (exact) mass is 344 g/mol. The number of likely N-dealkylation sites (tertiary alicyclic amines) is 1. The van der Waals surface area contributed by atoms with Crippen molar-refractivity contribution in [3.8, 4) is 5.69 Å². The number of aryl methyl sites for hydroxylation is 1. The standard InChI is InChI=1S/C19H25FN4O/c1-13-18(19(25)23-10-4-5-15(12-23)11-21-3)14(2)24(22-13)17-8-6-16(20)7-9-17/h6-9,15,21H,4-5,10-12H2,1-3H3. The fourth-order valence-corrected chi connectivity index (χ4v) is 3.65. The topological polar surface area (TPSA) is 50.2 Å². The van der Waals surface area contributed by atoms with Crippen LogP contribution in [-0.2, 0) is 0 Å². The van der Waals surface area contributed by atoms with Crippen molar-refractivity contribution in [2.45, 2.75) is 26.7 Å². The molecule has 1 saturated heterocycles. The van der Waals surface area contributed by atoms with E-state index in [2.05, 4.69) is 10.4 Å². The van der Waals surface area contributed by atoms with Gasteiger partial charge in [0, 0.05) is 13.1 Å². The van der Waals surface area contributed by atoms with Gasteiger partial charge in [-0.25, -0.2) is 9.07 Å². The van der Waals surface area contributed by atoms with Crippen molar-refractivity contribution in [3.63, 3.8) is 0 Å². The molecule has 5 nitrogen and oxygen atoms in total. The molecule has 1 N–H and O–H groups in total. The van der Waals surface area contributed by atoms with E-state index in [9.17, 15) is 9.18 Å². The van der Waals surface area contributed by atoms with E-state index >= 15 is 0 Å². The first-order valence-corrected chi connectivity index (χ1v) is 8.77. The first-order valence-electron chi connectivity index (χ1n) is 8.77. The van der Waals surface area contributed by atoms with Crippen LogP contribution in [0.1, 0.15) is 34.6 Å². The molecule has 1 aliphatic heterocycles. The van der Waals surface area contributed by atoms with Crippen LogP contribution in [0, 0.1) is 25.6 Å². The minimum atomic E-state index is -0.287. The van der Waals surface area contributed by atoms with Gasteiger partial charge in [0.05, 0.1) is 22.6 Å². The number of halogens is 1. The largest absolute Gasteiger partial charge is 0.338 e. The molecule has 1 unspecified atom stereocenters. The summed E-state index contributed by atoms with van der Waals surface area (Å²) in [4.78, 5) is 15.0. The lowest BCUT2D eigenvalue weighted by molar-refractivity contribution is 0.0672. The van der Waals surface area contributed by atoms with Gasteiger partial charge in [0.1, 0.15) is 5.82 Å². The van der Waals surface area contributed by atoms with Crippen LogP contribution in [0.2, 0.25) is 0 Å². The van der Waals surface area contributed by atoms with E-state index in [1.54, 1.807) is 16.8 Å². The van der Waals surface area contributed by atoms with Gasteiger partial charge in [0.25, 0.3) is 5.91 Å². The van der Waals surface area contributed by atoms with Crippen LogP contribution in [0.3, 0.4) is 0 Å². The Morgan fingerprint density at radius 3 is 2.72 bits per heavy atom. The number of nitrogens with one attached hydrogen (secondary N) is 1. The molecule has 134 valence electrons. The maximum Gasteiger partial charge on any atom is 0.257 e. The van der Waals surface area contributed by atoms with Gasteiger partial charge in [-0.3, -0.25) is 4.79 Å². The molecule has 1 fully saturated rings. The Morgan fingerprint density at radius 1 is 1.32 bits per heavy atom. The number of piperidine rings is 1. The molecule has 1 amide bonds. The van der Waals surface area contributed by atoms with Crippen LogP contribution in [0.4, 0.5) is 4.39 Å². The molecule has 2 aromatic rings. The Hall–Kier alpha value is -2.21. The third-order valence-corrected chi connectivity index (χ3v) is 4.88. The van der Waals surface area contributed by atoms with Crippen molar-refractivity contribution in [2.75, 3.05) is 26.7 Å². The number of rotatable bonds is 4. The lowest BCUT2D eigenvalue weighted by Gasteiger charge is -2.32. The first-order chi connectivity index (χ1) is 12.0. The lowest BCUT2D eigenvalue weighted by atomic mass is 9.97. The van der Waals surface area contributed by atoms with Gasteiger partial charge in [0.2, 0.25) is 0 Å². The van der Waals surface area contributed by atoms with Crippen LogP contribution in [0.5, 0.6) is 0 Å². The summed E-state index contributed by atoms with van der Waals surface area (Å²) >= 11 is 0. The molecule has 0 aliphatic carbocycles. The third kappa shape index (κ3) is 3.58. The van der Waals surface area contributed by atoms with Crippen molar-refractivity contribution >= 4 is 5.91 Å². The van der Waals surface area contributed by atoms with Crippen LogP contribution >= 0.6 is 0 Å². The predicted molar refractivity (Wildman–Crippen MR) is 95.6 cm³/mol. The minimum absolute atomic E-state index is 0.0455. The average molecular weight is 344 g/mol. The summed E-state index contributed by atoms with van der Waals surface area (Å²) in [5.41, 5.74) is 2.93. The highest BCUT2D eigenvalue weighted by atomic mass is 19.1. The van der Waals surface area contributed by atoms with Gasteiger partial charge in [-0.1, -0.05) is 0 Å². The molecule has 1 aromatic heterocycles. The van der Waals surface area contributed by atoms with E-state index < -0.39 is 0 Å². The van der Waals surface area contributed by atoms with E-state index in [0.717, 1.165) is 43.9 Å². The Morgan fingerprint density at radius 2 is 2.04 bits per heavy atom. The molecule has 2 heterocycles. The summed E-state index contributed by atoms with van der Waals surface area (Å²) in [5, 5.41) is 7.72. The Labute approximate surface area is 147 Å². The second-order valence-electron chi connectivity index (χ2n) is 6.75. The number of amides is 1. The van der Waals surface area contributed by atoms with E-state index in [1.807, 2.05) is 25.8 Å². The number of hydrogen-bond donors (Lipinski definition) is 1. The summed E-state index contributed by atoms with van der Waals surface area (Å²) in [6.45, 7) is 6.25. The summed E-state index contributed by atoms with van der Waals surface area (Å²) in [6, 6.07) is 6.15. The fourth-order valence-electron chi connectivity index (χ4n) is 3.65. The molecule has 1 aromatic carbocycles. The van der Waals surface area contributed by atoms with Gasteiger partial charge in [-0.2, -0.15) is 5.10 Å². The maximum absolute atomic E-state index is 13.2. The number of benzene rings is 1. The molecule has 0 bridgehead atoms. The van der Waals surface area contributed by atoms with Gasteiger partial charge >= 0.3 is 0 Å². The number of nitrogens with zero attached hydrogens (tertiary/aromatic N) is 3. The van der Waals surface area contributed by atoms with Crippen molar-refractivity contribution in [2.24, 2.45) is 5.92 Å². The van der Waals surface area contributed by atoms with Crippen molar-refractivity contribution in [1.82, 2.24) is 20.0 Å². The third-order valence-electron chi connectivity index (χ3n) is 4.88. The Kier molecular flexibility index (Phi) is 5.18.